The highest BCUT2D eigenvalue weighted by Gasteiger charge is 2.36. The Labute approximate surface area is 219 Å². The third-order valence-corrected chi connectivity index (χ3v) is 8.58. The molecule has 6 rings (SSSR count). The zero-order valence-electron chi connectivity index (χ0n) is 21.6. The Kier molecular flexibility index (Phi) is 7.16. The van der Waals surface area contributed by atoms with Crippen molar-refractivity contribution in [3.05, 3.63) is 65.2 Å². The topological polar surface area (TPSA) is 65.1 Å². The molecule has 3 heterocycles. The van der Waals surface area contributed by atoms with Gasteiger partial charge in [-0.05, 0) is 36.6 Å². The fourth-order valence-corrected chi connectivity index (χ4v) is 6.30. The molecule has 1 N–H and O–H groups in total. The molecular formula is C30H38N4O3. The van der Waals surface area contributed by atoms with Crippen LogP contribution in [0.3, 0.4) is 0 Å². The van der Waals surface area contributed by atoms with E-state index in [4.69, 9.17) is 4.74 Å². The standard InChI is InChI=1S/C30H38N4O3/c35-29(32-17-19-33(20-18-32)30(36)27-16-21-37-27)23-14-12-22(13-15-23)28-25-10-6-7-11-26(25)31-34(28)24-8-4-2-1-3-5-9-24/h6-7,10-15,24,27-28,31H,1-5,8-9,16-21H2. The van der Waals surface area contributed by atoms with Gasteiger partial charge in [-0.2, -0.15) is 0 Å². The van der Waals surface area contributed by atoms with E-state index in [1.165, 1.54) is 61.8 Å². The zero-order valence-corrected chi connectivity index (χ0v) is 21.6. The van der Waals surface area contributed by atoms with Crippen molar-refractivity contribution >= 4 is 17.5 Å². The van der Waals surface area contributed by atoms with Gasteiger partial charge in [0.05, 0.1) is 18.3 Å². The zero-order chi connectivity index (χ0) is 25.2. The minimum absolute atomic E-state index is 0.0420. The average molecular weight is 503 g/mol. The van der Waals surface area contributed by atoms with Crippen LogP contribution in [0.1, 0.15) is 78.9 Å². The smallest absolute Gasteiger partial charge is 0.253 e. The molecule has 3 aliphatic heterocycles. The van der Waals surface area contributed by atoms with E-state index in [-0.39, 0.29) is 24.0 Å². The summed E-state index contributed by atoms with van der Waals surface area (Å²) in [6.07, 6.45) is 9.56. The maximum absolute atomic E-state index is 13.3. The number of amides is 2. The number of ether oxygens (including phenoxy) is 1. The Morgan fingerprint density at radius 1 is 0.784 bits per heavy atom. The number of hydrazine groups is 1. The van der Waals surface area contributed by atoms with Crippen molar-refractivity contribution in [2.24, 2.45) is 0 Å². The molecular weight excluding hydrogens is 464 g/mol. The van der Waals surface area contributed by atoms with Gasteiger partial charge in [-0.15, -0.1) is 0 Å². The molecule has 2 aromatic carbocycles. The van der Waals surface area contributed by atoms with Gasteiger partial charge in [0.2, 0.25) is 0 Å². The number of hydrogen-bond acceptors (Lipinski definition) is 5. The molecule has 37 heavy (non-hydrogen) atoms. The van der Waals surface area contributed by atoms with Crippen LogP contribution in [-0.2, 0) is 9.53 Å². The van der Waals surface area contributed by atoms with Crippen molar-refractivity contribution < 1.29 is 14.3 Å². The fraction of sp³-hybridized carbons (Fsp3) is 0.533. The number of fused-ring (bicyclic) bond motifs is 1. The summed E-state index contributed by atoms with van der Waals surface area (Å²) in [6.45, 7) is 2.95. The van der Waals surface area contributed by atoms with Crippen LogP contribution in [0.4, 0.5) is 5.69 Å². The van der Waals surface area contributed by atoms with Crippen LogP contribution in [0.2, 0.25) is 0 Å². The first-order chi connectivity index (χ1) is 18.2. The van der Waals surface area contributed by atoms with E-state index in [9.17, 15) is 9.59 Å². The minimum atomic E-state index is -0.271. The van der Waals surface area contributed by atoms with Crippen molar-refractivity contribution in [1.29, 1.82) is 0 Å². The summed E-state index contributed by atoms with van der Waals surface area (Å²) in [6, 6.07) is 17.5. The number of nitrogens with zero attached hydrogens (tertiary/aromatic N) is 3. The number of nitrogens with one attached hydrogen (secondary N) is 1. The lowest BCUT2D eigenvalue weighted by Gasteiger charge is -2.38. The molecule has 1 saturated carbocycles. The first-order valence-corrected chi connectivity index (χ1v) is 14.1. The molecule has 0 radical (unpaired) electrons. The molecule has 196 valence electrons. The summed E-state index contributed by atoms with van der Waals surface area (Å²) in [4.78, 5) is 29.4. The number of carbonyl (C=O) groups is 2. The van der Waals surface area contributed by atoms with Crippen molar-refractivity contribution in [2.75, 3.05) is 38.2 Å². The molecule has 2 aromatic rings. The summed E-state index contributed by atoms with van der Waals surface area (Å²) < 4.78 is 5.34. The van der Waals surface area contributed by atoms with Gasteiger partial charge in [-0.25, -0.2) is 5.01 Å². The number of benzene rings is 2. The van der Waals surface area contributed by atoms with Gasteiger partial charge in [0, 0.05) is 49.8 Å². The van der Waals surface area contributed by atoms with E-state index < -0.39 is 0 Å². The molecule has 2 unspecified atom stereocenters. The van der Waals surface area contributed by atoms with E-state index >= 15 is 0 Å². The second kappa shape index (κ2) is 10.8. The SMILES string of the molecule is O=C(c1ccc(C2c3ccccc3NN2C2CCCCCCC2)cc1)N1CCN(C(=O)C2CCO2)CC1. The lowest BCUT2D eigenvalue weighted by Crippen LogP contribution is -2.54. The van der Waals surface area contributed by atoms with Crippen molar-refractivity contribution in [2.45, 2.75) is 69.6 Å². The number of para-hydroxylation sites is 1. The van der Waals surface area contributed by atoms with Gasteiger partial charge in [-0.3, -0.25) is 9.59 Å². The molecule has 0 spiro atoms. The third kappa shape index (κ3) is 4.99. The molecule has 0 bridgehead atoms. The highest BCUT2D eigenvalue weighted by molar-refractivity contribution is 5.94. The molecule has 2 amide bonds. The van der Waals surface area contributed by atoms with E-state index in [1.54, 1.807) is 0 Å². The molecule has 0 aromatic heterocycles. The molecule has 2 atom stereocenters. The minimum Gasteiger partial charge on any atom is -0.368 e. The first-order valence-electron chi connectivity index (χ1n) is 14.1. The fourth-order valence-electron chi connectivity index (χ4n) is 6.30. The summed E-state index contributed by atoms with van der Waals surface area (Å²) in [5, 5.41) is 2.48. The van der Waals surface area contributed by atoms with Crippen LogP contribution in [-0.4, -0.2) is 71.6 Å². The molecule has 4 aliphatic rings. The Bertz CT molecular complexity index is 1100. The van der Waals surface area contributed by atoms with Crippen LogP contribution in [0.15, 0.2) is 48.5 Å². The lowest BCUT2D eigenvalue weighted by molar-refractivity contribution is -0.157. The van der Waals surface area contributed by atoms with Crippen LogP contribution >= 0.6 is 0 Å². The Morgan fingerprint density at radius 2 is 1.43 bits per heavy atom. The van der Waals surface area contributed by atoms with Crippen molar-refractivity contribution in [3.8, 4) is 0 Å². The number of rotatable bonds is 4. The molecule has 1 aliphatic carbocycles. The molecule has 3 fully saturated rings. The van der Waals surface area contributed by atoms with Crippen LogP contribution in [0, 0.1) is 0 Å². The van der Waals surface area contributed by atoms with Crippen LogP contribution in [0.25, 0.3) is 0 Å². The Morgan fingerprint density at radius 3 is 2.11 bits per heavy atom. The van der Waals surface area contributed by atoms with Gasteiger partial charge in [0.15, 0.2) is 0 Å². The normalized spacial score (nSPS) is 25.0. The molecule has 7 heteroatoms. The second-order valence-corrected chi connectivity index (χ2v) is 10.9. The summed E-state index contributed by atoms with van der Waals surface area (Å²) in [7, 11) is 0. The van der Waals surface area contributed by atoms with Crippen molar-refractivity contribution in [3.63, 3.8) is 0 Å². The Hall–Kier alpha value is -2.90. The van der Waals surface area contributed by atoms with Crippen molar-refractivity contribution in [1.82, 2.24) is 14.8 Å². The average Bonchev–Trinajstić information content (AvgIpc) is 3.26. The largest absolute Gasteiger partial charge is 0.368 e. The summed E-state index contributed by atoms with van der Waals surface area (Å²) >= 11 is 0. The monoisotopic (exact) mass is 502 g/mol. The van der Waals surface area contributed by atoms with Gasteiger partial charge < -0.3 is 20.0 Å². The first kappa shape index (κ1) is 24.4. The van der Waals surface area contributed by atoms with Crippen LogP contribution in [0.5, 0.6) is 0 Å². The van der Waals surface area contributed by atoms with Gasteiger partial charge >= 0.3 is 0 Å². The highest BCUT2D eigenvalue weighted by Crippen LogP contribution is 2.42. The molecule has 7 nitrogen and oxygen atoms in total. The van der Waals surface area contributed by atoms with Gasteiger partial charge in [0.1, 0.15) is 6.10 Å². The third-order valence-electron chi connectivity index (χ3n) is 8.58. The summed E-state index contributed by atoms with van der Waals surface area (Å²) in [5.41, 5.74) is 8.16. The van der Waals surface area contributed by atoms with Gasteiger partial charge in [-0.1, -0.05) is 62.4 Å². The number of hydrogen-bond donors (Lipinski definition) is 1. The predicted octanol–water partition coefficient (Wildman–Crippen LogP) is 4.60. The van der Waals surface area contributed by atoms with Gasteiger partial charge in [0.25, 0.3) is 11.8 Å². The number of anilines is 1. The maximum atomic E-state index is 13.3. The second-order valence-electron chi connectivity index (χ2n) is 10.9. The number of carbonyl (C=O) groups excluding carboxylic acids is 2. The van der Waals surface area contributed by atoms with E-state index in [0.717, 1.165) is 6.42 Å². The van der Waals surface area contributed by atoms with Crippen LogP contribution < -0.4 is 5.43 Å². The maximum Gasteiger partial charge on any atom is 0.253 e. The van der Waals surface area contributed by atoms with E-state index in [0.29, 0.717) is 44.4 Å². The summed E-state index contributed by atoms with van der Waals surface area (Å²) in [5.74, 6) is 0.113. The van der Waals surface area contributed by atoms with E-state index in [1.807, 2.05) is 21.9 Å². The molecule has 2 saturated heterocycles. The Balaban J connectivity index is 1.15. The lowest BCUT2D eigenvalue weighted by atomic mass is 9.92. The number of piperazine rings is 1. The predicted molar refractivity (Wildman–Crippen MR) is 143 cm³/mol. The van der Waals surface area contributed by atoms with E-state index in [2.05, 4.69) is 46.8 Å². The highest BCUT2D eigenvalue weighted by atomic mass is 16.5. The quantitative estimate of drug-likeness (QED) is 0.662.